The van der Waals surface area contributed by atoms with Gasteiger partial charge in [-0.3, -0.25) is 4.79 Å². The van der Waals surface area contributed by atoms with E-state index in [1.807, 2.05) is 0 Å². The van der Waals surface area contributed by atoms with E-state index in [2.05, 4.69) is 42.2 Å². The Labute approximate surface area is 102 Å². The van der Waals surface area contributed by atoms with Crippen molar-refractivity contribution < 1.29 is 13.6 Å². The van der Waals surface area contributed by atoms with Gasteiger partial charge in [-0.1, -0.05) is 0 Å². The molecule has 0 aromatic carbocycles. The Morgan fingerprint density at radius 1 is 1.60 bits per heavy atom. The molecule has 0 bridgehead atoms. The molecule has 0 spiro atoms. The average Bonchev–Trinajstić information content (AvgIpc) is 2.13. The fourth-order valence-electron chi connectivity index (χ4n) is 0.826. The summed E-state index contributed by atoms with van der Waals surface area (Å²) in [6.07, 6.45) is 1.41. The summed E-state index contributed by atoms with van der Waals surface area (Å²) >= 11 is 5.20. The predicted molar refractivity (Wildman–Crippen MR) is 58.1 cm³/mol. The van der Waals surface area contributed by atoms with Crippen LogP contribution in [-0.2, 0) is 0 Å². The third-order valence-corrected chi connectivity index (χ3v) is 2.15. The molecule has 0 fully saturated rings. The lowest BCUT2D eigenvalue weighted by atomic mass is 10.2. The Balaban J connectivity index is 2.62. The fraction of sp³-hybridized carbons (Fsp3) is 0.250. The van der Waals surface area contributed by atoms with E-state index in [1.54, 1.807) is 0 Å². The molecule has 1 amide bonds. The molecule has 0 saturated heterocycles. The lowest BCUT2D eigenvalue weighted by Crippen LogP contribution is -2.32. The first-order chi connectivity index (χ1) is 6.88. The molecule has 0 saturated carbocycles. The summed E-state index contributed by atoms with van der Waals surface area (Å²) < 4.78 is 25.2. The van der Waals surface area contributed by atoms with Gasteiger partial charge in [-0.05, 0) is 44.0 Å². The van der Waals surface area contributed by atoms with Crippen molar-refractivity contribution in [2.45, 2.75) is 4.83 Å². The van der Waals surface area contributed by atoms with Crippen molar-refractivity contribution >= 4 is 37.8 Å². The molecule has 15 heavy (non-hydrogen) atoms. The molecule has 0 radical (unpaired) electrons. The minimum Gasteiger partial charge on any atom is -0.345 e. The Morgan fingerprint density at radius 2 is 2.27 bits per heavy atom. The first-order valence-corrected chi connectivity index (χ1v) is 5.43. The van der Waals surface area contributed by atoms with E-state index in [9.17, 15) is 13.6 Å². The summed E-state index contributed by atoms with van der Waals surface area (Å²) in [6, 6.07) is 2.88. The van der Waals surface area contributed by atoms with Crippen LogP contribution in [0.15, 0.2) is 22.9 Å². The van der Waals surface area contributed by atoms with Crippen LogP contribution in [0.4, 0.5) is 8.78 Å². The van der Waals surface area contributed by atoms with Crippen molar-refractivity contribution in [3.8, 4) is 0 Å². The molecule has 1 heterocycles. The van der Waals surface area contributed by atoms with Gasteiger partial charge in [0.05, 0.1) is 6.54 Å². The standard InChI is InChI=1S/C8H6Br2F2N2O/c9-6-3-5(1-2-13-6)7(15)14-4-8(10,11)12/h1-3H,4H2,(H,14,15). The number of aromatic nitrogens is 1. The third-order valence-electron chi connectivity index (χ3n) is 1.44. The van der Waals surface area contributed by atoms with E-state index in [4.69, 9.17) is 0 Å². The van der Waals surface area contributed by atoms with E-state index < -0.39 is 17.3 Å². The highest BCUT2D eigenvalue weighted by Gasteiger charge is 2.24. The Bertz CT molecular complexity index is 368. The largest absolute Gasteiger partial charge is 0.345 e. The second-order valence-corrected chi connectivity index (χ2v) is 4.64. The van der Waals surface area contributed by atoms with Gasteiger partial charge < -0.3 is 5.32 Å². The zero-order chi connectivity index (χ0) is 11.5. The Morgan fingerprint density at radius 3 is 2.80 bits per heavy atom. The van der Waals surface area contributed by atoms with Gasteiger partial charge in [0.25, 0.3) is 5.91 Å². The summed E-state index contributed by atoms with van der Waals surface area (Å²) in [6.45, 7) is -0.758. The van der Waals surface area contributed by atoms with Crippen LogP contribution in [0.5, 0.6) is 0 Å². The second-order valence-electron chi connectivity index (χ2n) is 2.67. The molecule has 0 unspecified atom stereocenters. The molecule has 1 N–H and O–H groups in total. The number of hydrogen-bond acceptors (Lipinski definition) is 2. The highest BCUT2D eigenvalue weighted by Crippen LogP contribution is 2.19. The Kier molecular flexibility index (Phi) is 4.15. The fourth-order valence-corrected chi connectivity index (χ4v) is 1.33. The van der Waals surface area contributed by atoms with E-state index in [1.165, 1.54) is 18.3 Å². The van der Waals surface area contributed by atoms with Crippen molar-refractivity contribution in [1.29, 1.82) is 0 Å². The monoisotopic (exact) mass is 342 g/mol. The Hall–Kier alpha value is -0.560. The van der Waals surface area contributed by atoms with Crippen LogP contribution in [0.1, 0.15) is 10.4 Å². The van der Waals surface area contributed by atoms with E-state index in [-0.39, 0.29) is 5.56 Å². The van der Waals surface area contributed by atoms with Gasteiger partial charge >= 0.3 is 4.83 Å². The lowest BCUT2D eigenvalue weighted by Gasteiger charge is -2.09. The van der Waals surface area contributed by atoms with Gasteiger partial charge in [0.2, 0.25) is 0 Å². The lowest BCUT2D eigenvalue weighted by molar-refractivity contribution is 0.0835. The summed E-state index contributed by atoms with van der Waals surface area (Å²) in [7, 11) is 0. The molecule has 1 aromatic rings. The van der Waals surface area contributed by atoms with Gasteiger partial charge in [-0.25, -0.2) is 4.98 Å². The first-order valence-electron chi connectivity index (χ1n) is 3.85. The van der Waals surface area contributed by atoms with Crippen LogP contribution in [0.2, 0.25) is 0 Å². The van der Waals surface area contributed by atoms with E-state index in [0.29, 0.717) is 4.60 Å². The quantitative estimate of drug-likeness (QED) is 0.677. The predicted octanol–water partition coefficient (Wildman–Crippen LogP) is 2.56. The number of amides is 1. The van der Waals surface area contributed by atoms with Crippen molar-refractivity contribution in [2.24, 2.45) is 0 Å². The maximum Gasteiger partial charge on any atom is 0.318 e. The summed E-state index contributed by atoms with van der Waals surface area (Å²) in [5.41, 5.74) is 0.272. The number of alkyl halides is 3. The van der Waals surface area contributed by atoms with Crippen LogP contribution in [-0.4, -0.2) is 22.3 Å². The molecular formula is C8H6Br2F2N2O. The van der Waals surface area contributed by atoms with Crippen LogP contribution >= 0.6 is 31.9 Å². The van der Waals surface area contributed by atoms with Gasteiger partial charge in [0.1, 0.15) is 4.60 Å². The smallest absolute Gasteiger partial charge is 0.318 e. The van der Waals surface area contributed by atoms with Crippen molar-refractivity contribution in [3.63, 3.8) is 0 Å². The second kappa shape index (κ2) is 4.98. The molecule has 0 aliphatic rings. The molecule has 1 aromatic heterocycles. The van der Waals surface area contributed by atoms with Crippen molar-refractivity contribution in [2.75, 3.05) is 6.54 Å². The molecule has 0 atom stereocenters. The average molecular weight is 344 g/mol. The van der Waals surface area contributed by atoms with Gasteiger partial charge in [-0.2, -0.15) is 8.78 Å². The first kappa shape index (κ1) is 12.5. The number of halogens is 4. The maximum atomic E-state index is 12.4. The minimum atomic E-state index is -3.09. The highest BCUT2D eigenvalue weighted by molar-refractivity contribution is 9.10. The third kappa shape index (κ3) is 4.65. The van der Waals surface area contributed by atoms with Crippen molar-refractivity contribution in [1.82, 2.24) is 10.3 Å². The van der Waals surface area contributed by atoms with E-state index >= 15 is 0 Å². The number of nitrogens with zero attached hydrogens (tertiary/aromatic N) is 1. The zero-order valence-corrected chi connectivity index (χ0v) is 10.5. The molecular weight excluding hydrogens is 338 g/mol. The number of hydrogen-bond donors (Lipinski definition) is 1. The van der Waals surface area contributed by atoms with Crippen LogP contribution in [0.25, 0.3) is 0 Å². The van der Waals surface area contributed by atoms with Gasteiger partial charge in [0, 0.05) is 11.8 Å². The number of rotatable bonds is 3. The molecule has 7 heteroatoms. The van der Waals surface area contributed by atoms with Crippen LogP contribution in [0.3, 0.4) is 0 Å². The summed E-state index contributed by atoms with van der Waals surface area (Å²) in [4.78, 5) is 12.0. The van der Waals surface area contributed by atoms with Crippen molar-refractivity contribution in [3.05, 3.63) is 28.5 Å². The summed E-state index contributed by atoms with van der Waals surface area (Å²) in [5.74, 6) is -0.572. The number of pyridine rings is 1. The van der Waals surface area contributed by atoms with Gasteiger partial charge in [-0.15, -0.1) is 0 Å². The van der Waals surface area contributed by atoms with Crippen LogP contribution in [0, 0.1) is 0 Å². The number of carbonyl (C=O) groups is 1. The van der Waals surface area contributed by atoms with Crippen LogP contribution < -0.4 is 5.32 Å². The zero-order valence-electron chi connectivity index (χ0n) is 7.31. The SMILES string of the molecule is O=C(NCC(F)(F)Br)c1ccnc(Br)c1. The number of nitrogens with one attached hydrogen (secondary N) is 1. The summed E-state index contributed by atoms with van der Waals surface area (Å²) in [5, 5.41) is 2.08. The molecule has 1 rings (SSSR count). The van der Waals surface area contributed by atoms with E-state index in [0.717, 1.165) is 0 Å². The minimum absolute atomic E-state index is 0.272. The topological polar surface area (TPSA) is 42.0 Å². The number of carbonyl (C=O) groups excluding carboxylic acids is 1. The molecule has 0 aliphatic heterocycles. The molecule has 82 valence electrons. The van der Waals surface area contributed by atoms with Gasteiger partial charge in [0.15, 0.2) is 0 Å². The normalized spacial score (nSPS) is 11.2. The molecule has 0 aliphatic carbocycles. The molecule has 3 nitrogen and oxygen atoms in total. The highest BCUT2D eigenvalue weighted by atomic mass is 79.9. The maximum absolute atomic E-state index is 12.4.